The molecule has 12 nitrogen and oxygen atoms in total. The highest BCUT2D eigenvalue weighted by Gasteiger charge is 2.53. The van der Waals surface area contributed by atoms with E-state index in [0.717, 1.165) is 6.26 Å². The van der Waals surface area contributed by atoms with Gasteiger partial charge in [0.1, 0.15) is 24.1 Å². The Morgan fingerprint density at radius 1 is 1.09 bits per heavy atom. The van der Waals surface area contributed by atoms with E-state index in [4.69, 9.17) is 18.9 Å². The van der Waals surface area contributed by atoms with Crippen molar-refractivity contribution < 1.29 is 59.2 Å². The van der Waals surface area contributed by atoms with Crippen LogP contribution in [0, 0.1) is 11.8 Å². The molecule has 1 aromatic carbocycles. The summed E-state index contributed by atoms with van der Waals surface area (Å²) in [6, 6.07) is 5.09. The van der Waals surface area contributed by atoms with Gasteiger partial charge in [0.15, 0.2) is 6.10 Å². The maximum atomic E-state index is 12.7. The van der Waals surface area contributed by atoms with Gasteiger partial charge in [0, 0.05) is 5.92 Å². The number of phenols is 1. The number of fused-ring (bicyclic) bond motifs is 1. The molecule has 0 spiro atoms. The highest BCUT2D eigenvalue weighted by Crippen LogP contribution is 2.46. The van der Waals surface area contributed by atoms with E-state index < -0.39 is 73.5 Å². The van der Waals surface area contributed by atoms with Crippen molar-refractivity contribution in [1.29, 1.82) is 0 Å². The Hall–Kier alpha value is -3.00. The highest BCUT2D eigenvalue weighted by molar-refractivity contribution is 5.89. The van der Waals surface area contributed by atoms with Crippen LogP contribution in [0.1, 0.15) is 16.8 Å². The van der Waals surface area contributed by atoms with Gasteiger partial charge in [-0.15, -0.1) is 0 Å². The van der Waals surface area contributed by atoms with Crippen molar-refractivity contribution in [3.8, 4) is 5.75 Å². The van der Waals surface area contributed by atoms with E-state index in [2.05, 4.69) is 6.58 Å². The van der Waals surface area contributed by atoms with E-state index in [1.54, 1.807) is 0 Å². The summed E-state index contributed by atoms with van der Waals surface area (Å²) >= 11 is 0. The number of aromatic hydroxyl groups is 1. The van der Waals surface area contributed by atoms with E-state index in [1.807, 2.05) is 0 Å². The van der Waals surface area contributed by atoms with Crippen molar-refractivity contribution in [2.45, 2.75) is 49.5 Å². The number of rotatable bonds is 6. The molecule has 6 N–H and O–H groups in total. The van der Waals surface area contributed by atoms with Crippen molar-refractivity contribution in [3.63, 3.8) is 0 Å². The molecule has 12 heteroatoms. The van der Waals surface area contributed by atoms with Gasteiger partial charge in [0.2, 0.25) is 12.6 Å². The molecule has 0 bridgehead atoms. The first-order chi connectivity index (χ1) is 16.6. The Kier molecular flexibility index (Phi) is 7.12. The highest BCUT2D eigenvalue weighted by atomic mass is 16.8. The maximum absolute atomic E-state index is 12.7. The number of phenolic OH excluding ortho intramolecular Hbond substituents is 1. The summed E-state index contributed by atoms with van der Waals surface area (Å²) < 4.78 is 22.3. The normalized spacial score (nSPS) is 36.6. The molecule has 1 saturated carbocycles. The number of carbonyl (C=O) groups is 2. The van der Waals surface area contributed by atoms with Gasteiger partial charge in [-0.05, 0) is 36.3 Å². The molecule has 2 fully saturated rings. The third kappa shape index (κ3) is 4.76. The van der Waals surface area contributed by atoms with Crippen molar-refractivity contribution in [3.05, 3.63) is 53.8 Å². The quantitative estimate of drug-likeness (QED) is 0.214. The Morgan fingerprint density at radius 3 is 2.40 bits per heavy atom. The largest absolute Gasteiger partial charge is 0.508 e. The second-order valence-corrected chi connectivity index (χ2v) is 8.60. The van der Waals surface area contributed by atoms with E-state index in [-0.39, 0.29) is 28.9 Å². The number of hydrogen-bond donors (Lipinski definition) is 6. The fraction of sp³-hybridized carbons (Fsp3) is 0.478. The number of aliphatic hydroxyl groups is 4. The van der Waals surface area contributed by atoms with Crippen LogP contribution < -0.4 is 0 Å². The Bertz CT molecular complexity index is 1000. The number of aliphatic carboxylic acids is 1. The van der Waals surface area contributed by atoms with E-state index in [0.29, 0.717) is 0 Å². The molecular weight excluding hydrogens is 468 g/mol. The minimum Gasteiger partial charge on any atom is -0.508 e. The standard InChI is InChI=1S/C23H26O12/c1-9-14(26)6-12-13(20(29)30)8-32-22(16(9)12)35-23-19(18(28)17(27)15(7-24)33-23)34-21(31)10-2-4-11(25)5-3-10/h2-5,8,12,14-19,22-28H,1,6-7H2,(H,29,30)/t12-,14?,15-,16-,17-,18+,19-,22+,23+/m0/s1. The Labute approximate surface area is 199 Å². The van der Waals surface area contributed by atoms with Crippen LogP contribution in [-0.2, 0) is 23.7 Å². The molecule has 0 radical (unpaired) electrons. The Morgan fingerprint density at radius 2 is 1.77 bits per heavy atom. The van der Waals surface area contributed by atoms with E-state index >= 15 is 0 Å². The number of hydrogen-bond acceptors (Lipinski definition) is 11. The van der Waals surface area contributed by atoms with Crippen LogP contribution >= 0.6 is 0 Å². The lowest BCUT2D eigenvalue weighted by molar-refractivity contribution is -0.338. The molecule has 0 amide bonds. The third-order valence-corrected chi connectivity index (χ3v) is 6.47. The molecule has 9 atom stereocenters. The minimum atomic E-state index is -1.73. The topological polar surface area (TPSA) is 192 Å². The van der Waals surface area contributed by atoms with Gasteiger partial charge in [0.05, 0.1) is 36.0 Å². The average Bonchev–Trinajstić information content (AvgIpc) is 3.13. The van der Waals surface area contributed by atoms with Gasteiger partial charge in [-0.3, -0.25) is 0 Å². The molecule has 0 aromatic heterocycles. The second kappa shape index (κ2) is 9.93. The van der Waals surface area contributed by atoms with Crippen molar-refractivity contribution >= 4 is 11.9 Å². The van der Waals surface area contributed by atoms with Gasteiger partial charge < -0.3 is 49.6 Å². The molecule has 4 rings (SSSR count). The second-order valence-electron chi connectivity index (χ2n) is 8.60. The summed E-state index contributed by atoms with van der Waals surface area (Å²) in [5, 5.41) is 59.7. The zero-order valence-electron chi connectivity index (χ0n) is 18.3. The predicted octanol–water partition coefficient (Wildman–Crippen LogP) is -0.749. The number of carboxylic acids is 1. The molecule has 2 aliphatic heterocycles. The van der Waals surface area contributed by atoms with Gasteiger partial charge in [-0.2, -0.15) is 0 Å². The number of esters is 1. The summed E-state index contributed by atoms with van der Waals surface area (Å²) in [4.78, 5) is 24.3. The number of ether oxygens (including phenoxy) is 4. The Balaban J connectivity index is 1.59. The van der Waals surface area contributed by atoms with Crippen molar-refractivity contribution in [2.75, 3.05) is 6.61 Å². The van der Waals surface area contributed by atoms with Crippen LogP contribution in [0.5, 0.6) is 5.75 Å². The third-order valence-electron chi connectivity index (χ3n) is 6.47. The lowest BCUT2D eigenvalue weighted by Crippen LogP contribution is -2.61. The molecule has 2 heterocycles. The minimum absolute atomic E-state index is 0.0304. The number of carbonyl (C=O) groups excluding carboxylic acids is 1. The summed E-state index contributed by atoms with van der Waals surface area (Å²) in [6.07, 6.45) is -8.95. The van der Waals surface area contributed by atoms with Gasteiger partial charge in [-0.1, -0.05) is 6.58 Å². The molecule has 3 aliphatic rings. The zero-order valence-corrected chi connectivity index (χ0v) is 18.3. The van der Waals surface area contributed by atoms with E-state index in [1.165, 1.54) is 24.3 Å². The lowest BCUT2D eigenvalue weighted by atomic mass is 9.85. The van der Waals surface area contributed by atoms with Crippen molar-refractivity contribution in [2.24, 2.45) is 11.8 Å². The van der Waals surface area contributed by atoms with Crippen LogP contribution in [0.2, 0.25) is 0 Å². The zero-order chi connectivity index (χ0) is 25.4. The van der Waals surface area contributed by atoms with Gasteiger partial charge in [0.25, 0.3) is 0 Å². The monoisotopic (exact) mass is 494 g/mol. The van der Waals surface area contributed by atoms with Crippen LogP contribution in [0.4, 0.5) is 0 Å². The molecule has 1 unspecified atom stereocenters. The van der Waals surface area contributed by atoms with Crippen molar-refractivity contribution in [1.82, 2.24) is 0 Å². The molecule has 35 heavy (non-hydrogen) atoms. The van der Waals surface area contributed by atoms with Crippen LogP contribution in [0.3, 0.4) is 0 Å². The molecule has 1 saturated heterocycles. The fourth-order valence-corrected chi connectivity index (χ4v) is 4.55. The van der Waals surface area contributed by atoms with Crippen LogP contribution in [0.25, 0.3) is 0 Å². The summed E-state index contributed by atoms with van der Waals surface area (Å²) in [6.45, 7) is 3.13. The number of benzene rings is 1. The first-order valence-corrected chi connectivity index (χ1v) is 10.9. The smallest absolute Gasteiger partial charge is 0.338 e. The summed E-state index contributed by atoms with van der Waals surface area (Å²) in [5.41, 5.74) is 0.235. The SMILES string of the molecule is C=C1C(O)C[C@H]2C(C(=O)O)=CO[C@H](O[C@H]3O[C@@H](CO)[C@H](O)[C@@H](O)[C@@H]3OC(=O)c3ccc(O)cc3)[C@@H]12. The fourth-order valence-electron chi connectivity index (χ4n) is 4.55. The molecule has 1 aliphatic carbocycles. The molecule has 1 aromatic rings. The lowest BCUT2D eigenvalue weighted by Gasteiger charge is -2.43. The summed E-state index contributed by atoms with van der Waals surface area (Å²) in [7, 11) is 0. The van der Waals surface area contributed by atoms with Gasteiger partial charge >= 0.3 is 11.9 Å². The van der Waals surface area contributed by atoms with Crippen LogP contribution in [-0.4, -0.2) is 92.3 Å². The van der Waals surface area contributed by atoms with E-state index in [9.17, 15) is 40.2 Å². The first-order valence-electron chi connectivity index (χ1n) is 10.9. The number of carboxylic acid groups (broad SMARTS) is 1. The maximum Gasteiger partial charge on any atom is 0.338 e. The van der Waals surface area contributed by atoms with Gasteiger partial charge in [-0.25, -0.2) is 9.59 Å². The molecular formula is C23H26O12. The average molecular weight is 494 g/mol. The summed E-state index contributed by atoms with van der Waals surface area (Å²) in [5.74, 6) is -3.71. The molecule has 190 valence electrons. The first kappa shape index (κ1) is 25.1. The predicted molar refractivity (Wildman–Crippen MR) is 113 cm³/mol. The van der Waals surface area contributed by atoms with Crippen LogP contribution in [0.15, 0.2) is 48.3 Å². The number of aliphatic hydroxyl groups excluding tert-OH is 4.